The second-order valence-corrected chi connectivity index (χ2v) is 4.43. The van der Waals surface area contributed by atoms with Crippen LogP contribution in [0.25, 0.3) is 0 Å². The number of ketones is 1. The van der Waals surface area contributed by atoms with Gasteiger partial charge in [0.2, 0.25) is 5.91 Å². The number of nitrogens with zero attached hydrogens (tertiary/aromatic N) is 2. The molecule has 1 aromatic rings. The standard InChI is InChI=1S/C13H17N3O3/c1-10(17)8-13(18)15-11-2-3-12(14-9-11)16-4-6-19-7-5-16/h2-3,9H,4-8H2,1H3,(H,15,18). The Kier molecular flexibility index (Phi) is 4.46. The van der Waals surface area contributed by atoms with E-state index in [0.717, 1.165) is 18.9 Å². The van der Waals surface area contributed by atoms with Crippen LogP contribution in [-0.2, 0) is 14.3 Å². The van der Waals surface area contributed by atoms with Gasteiger partial charge in [-0.1, -0.05) is 0 Å². The van der Waals surface area contributed by atoms with Crippen molar-refractivity contribution in [2.75, 3.05) is 36.5 Å². The smallest absolute Gasteiger partial charge is 0.231 e. The van der Waals surface area contributed by atoms with Gasteiger partial charge >= 0.3 is 0 Å². The van der Waals surface area contributed by atoms with Gasteiger partial charge in [0.15, 0.2) is 0 Å². The van der Waals surface area contributed by atoms with Gasteiger partial charge in [-0.2, -0.15) is 0 Å². The number of hydrogen-bond donors (Lipinski definition) is 1. The predicted molar refractivity (Wildman–Crippen MR) is 71.2 cm³/mol. The molecular weight excluding hydrogens is 246 g/mol. The maximum Gasteiger partial charge on any atom is 0.231 e. The minimum absolute atomic E-state index is 0.106. The number of anilines is 2. The molecule has 1 aliphatic rings. The van der Waals surface area contributed by atoms with Gasteiger partial charge in [0.25, 0.3) is 0 Å². The zero-order valence-corrected chi connectivity index (χ0v) is 10.9. The van der Waals surface area contributed by atoms with Crippen LogP contribution in [0.3, 0.4) is 0 Å². The maximum atomic E-state index is 11.4. The van der Waals surface area contributed by atoms with Crippen molar-refractivity contribution in [3.05, 3.63) is 18.3 Å². The fraction of sp³-hybridized carbons (Fsp3) is 0.462. The lowest BCUT2D eigenvalue weighted by Gasteiger charge is -2.27. The Balaban J connectivity index is 1.94. The molecule has 2 rings (SSSR count). The molecule has 1 saturated heterocycles. The number of carbonyl (C=O) groups is 2. The summed E-state index contributed by atoms with van der Waals surface area (Å²) in [5.74, 6) is 0.400. The van der Waals surface area contributed by atoms with Crippen LogP contribution in [0.4, 0.5) is 11.5 Å². The van der Waals surface area contributed by atoms with E-state index in [1.807, 2.05) is 6.07 Å². The van der Waals surface area contributed by atoms with Crippen LogP contribution in [0.2, 0.25) is 0 Å². The molecule has 0 aromatic carbocycles. The average Bonchev–Trinajstić information content (AvgIpc) is 2.39. The number of rotatable bonds is 4. The molecule has 1 aliphatic heterocycles. The molecule has 0 unspecified atom stereocenters. The molecule has 0 aliphatic carbocycles. The first-order valence-corrected chi connectivity index (χ1v) is 6.23. The Morgan fingerprint density at radius 2 is 2.11 bits per heavy atom. The number of nitrogens with one attached hydrogen (secondary N) is 1. The van der Waals surface area contributed by atoms with Crippen molar-refractivity contribution >= 4 is 23.2 Å². The first-order valence-electron chi connectivity index (χ1n) is 6.23. The number of ether oxygens (including phenoxy) is 1. The van der Waals surface area contributed by atoms with Gasteiger partial charge in [-0.05, 0) is 19.1 Å². The number of morpholine rings is 1. The first kappa shape index (κ1) is 13.5. The number of carbonyl (C=O) groups excluding carboxylic acids is 2. The lowest BCUT2D eigenvalue weighted by Crippen LogP contribution is -2.36. The summed E-state index contributed by atoms with van der Waals surface area (Å²) < 4.78 is 5.28. The molecule has 0 bridgehead atoms. The number of aromatic nitrogens is 1. The van der Waals surface area contributed by atoms with Gasteiger partial charge in [-0.3, -0.25) is 9.59 Å². The average molecular weight is 263 g/mol. The van der Waals surface area contributed by atoms with Crippen molar-refractivity contribution in [3.63, 3.8) is 0 Å². The Morgan fingerprint density at radius 1 is 1.37 bits per heavy atom. The van der Waals surface area contributed by atoms with E-state index in [1.54, 1.807) is 12.3 Å². The van der Waals surface area contributed by atoms with Crippen molar-refractivity contribution in [3.8, 4) is 0 Å². The van der Waals surface area contributed by atoms with E-state index in [1.165, 1.54) is 6.92 Å². The van der Waals surface area contributed by atoms with E-state index < -0.39 is 0 Å². The van der Waals surface area contributed by atoms with E-state index in [-0.39, 0.29) is 18.1 Å². The van der Waals surface area contributed by atoms with E-state index in [2.05, 4.69) is 15.2 Å². The molecular formula is C13H17N3O3. The summed E-state index contributed by atoms with van der Waals surface area (Å²) in [6, 6.07) is 3.64. The molecule has 1 amide bonds. The number of amides is 1. The summed E-state index contributed by atoms with van der Waals surface area (Å²) in [7, 11) is 0. The van der Waals surface area contributed by atoms with Crippen LogP contribution < -0.4 is 10.2 Å². The molecule has 0 atom stereocenters. The Bertz CT molecular complexity index is 453. The van der Waals surface area contributed by atoms with Crippen molar-refractivity contribution in [2.45, 2.75) is 13.3 Å². The zero-order valence-electron chi connectivity index (χ0n) is 10.9. The summed E-state index contributed by atoms with van der Waals surface area (Å²) in [5, 5.41) is 2.64. The summed E-state index contributed by atoms with van der Waals surface area (Å²) in [6.45, 7) is 4.45. The largest absolute Gasteiger partial charge is 0.378 e. The highest BCUT2D eigenvalue weighted by Gasteiger charge is 2.12. The van der Waals surface area contributed by atoms with Crippen LogP contribution >= 0.6 is 0 Å². The molecule has 0 saturated carbocycles. The third-order valence-electron chi connectivity index (χ3n) is 2.78. The third kappa shape index (κ3) is 4.03. The Morgan fingerprint density at radius 3 is 2.68 bits per heavy atom. The topological polar surface area (TPSA) is 71.5 Å². The maximum absolute atomic E-state index is 11.4. The second-order valence-electron chi connectivity index (χ2n) is 4.43. The van der Waals surface area contributed by atoms with E-state index in [4.69, 9.17) is 4.74 Å². The molecule has 6 heteroatoms. The first-order chi connectivity index (χ1) is 9.15. The minimum Gasteiger partial charge on any atom is -0.378 e. The van der Waals surface area contributed by atoms with Crippen molar-refractivity contribution in [1.82, 2.24) is 4.98 Å². The van der Waals surface area contributed by atoms with E-state index in [9.17, 15) is 9.59 Å². The van der Waals surface area contributed by atoms with Gasteiger partial charge < -0.3 is 15.0 Å². The SMILES string of the molecule is CC(=O)CC(=O)Nc1ccc(N2CCOCC2)nc1. The Labute approximate surface area is 111 Å². The van der Waals surface area contributed by atoms with Crippen molar-refractivity contribution < 1.29 is 14.3 Å². The van der Waals surface area contributed by atoms with E-state index in [0.29, 0.717) is 18.9 Å². The summed E-state index contributed by atoms with van der Waals surface area (Å²) in [5.41, 5.74) is 0.600. The lowest BCUT2D eigenvalue weighted by atomic mass is 10.3. The Hall–Kier alpha value is -1.95. The molecule has 0 radical (unpaired) electrons. The van der Waals surface area contributed by atoms with Crippen LogP contribution in [0.1, 0.15) is 13.3 Å². The van der Waals surface area contributed by atoms with Crippen LogP contribution in [0.5, 0.6) is 0 Å². The molecule has 6 nitrogen and oxygen atoms in total. The minimum atomic E-state index is -0.312. The quantitative estimate of drug-likeness (QED) is 0.815. The van der Waals surface area contributed by atoms with Gasteiger partial charge in [0.1, 0.15) is 11.6 Å². The fourth-order valence-electron chi connectivity index (χ4n) is 1.87. The third-order valence-corrected chi connectivity index (χ3v) is 2.78. The highest BCUT2D eigenvalue weighted by atomic mass is 16.5. The molecule has 102 valence electrons. The molecule has 1 aromatic heterocycles. The summed E-state index contributed by atoms with van der Waals surface area (Å²) in [4.78, 5) is 28.7. The van der Waals surface area contributed by atoms with Crippen LogP contribution in [-0.4, -0.2) is 43.0 Å². The van der Waals surface area contributed by atoms with Crippen molar-refractivity contribution in [1.29, 1.82) is 0 Å². The molecule has 1 fully saturated rings. The molecule has 19 heavy (non-hydrogen) atoms. The van der Waals surface area contributed by atoms with Crippen molar-refractivity contribution in [2.24, 2.45) is 0 Å². The van der Waals surface area contributed by atoms with Crippen LogP contribution in [0, 0.1) is 0 Å². The molecule has 2 heterocycles. The molecule has 1 N–H and O–H groups in total. The summed E-state index contributed by atoms with van der Waals surface area (Å²) in [6.07, 6.45) is 1.49. The highest BCUT2D eigenvalue weighted by Crippen LogP contribution is 2.15. The number of Topliss-reactive ketones (excluding diaryl/α,β-unsaturated/α-hetero) is 1. The number of hydrogen-bond acceptors (Lipinski definition) is 5. The van der Waals surface area contributed by atoms with Gasteiger partial charge in [0.05, 0.1) is 31.5 Å². The van der Waals surface area contributed by atoms with E-state index >= 15 is 0 Å². The van der Waals surface area contributed by atoms with Gasteiger partial charge in [0, 0.05) is 13.1 Å². The second kappa shape index (κ2) is 6.29. The fourth-order valence-corrected chi connectivity index (χ4v) is 1.87. The number of pyridine rings is 1. The monoisotopic (exact) mass is 263 g/mol. The zero-order chi connectivity index (χ0) is 13.7. The molecule has 0 spiro atoms. The lowest BCUT2D eigenvalue weighted by molar-refractivity contribution is -0.124. The summed E-state index contributed by atoms with van der Waals surface area (Å²) >= 11 is 0. The van der Waals surface area contributed by atoms with Gasteiger partial charge in [-0.25, -0.2) is 4.98 Å². The predicted octanol–water partition coefficient (Wildman–Crippen LogP) is 0.836. The normalized spacial score (nSPS) is 15.1. The highest BCUT2D eigenvalue weighted by molar-refractivity contribution is 6.03. The van der Waals surface area contributed by atoms with Crippen LogP contribution in [0.15, 0.2) is 18.3 Å². The van der Waals surface area contributed by atoms with Gasteiger partial charge in [-0.15, -0.1) is 0 Å².